The van der Waals surface area contributed by atoms with Crippen molar-refractivity contribution in [3.05, 3.63) is 36.5 Å². The van der Waals surface area contributed by atoms with Gasteiger partial charge in [0.1, 0.15) is 35.0 Å². The largest absolute Gasteiger partial charge is 0.497 e. The Morgan fingerprint density at radius 2 is 1.82 bits per heavy atom. The third kappa shape index (κ3) is 8.67. The maximum atomic E-state index is 15.2. The van der Waals surface area contributed by atoms with Crippen molar-refractivity contribution in [1.29, 1.82) is 0 Å². The van der Waals surface area contributed by atoms with Gasteiger partial charge in [-0.05, 0) is 89.3 Å². The van der Waals surface area contributed by atoms with Gasteiger partial charge in [0.2, 0.25) is 27.7 Å². The number of hydrogen-bond donors (Lipinski definition) is 3. The lowest BCUT2D eigenvalue weighted by atomic mass is 9.82. The van der Waals surface area contributed by atoms with Crippen LogP contribution in [-0.2, 0) is 24.4 Å². The zero-order valence-corrected chi connectivity index (χ0v) is 36.7. The van der Waals surface area contributed by atoms with Crippen molar-refractivity contribution in [3.63, 3.8) is 0 Å². The van der Waals surface area contributed by atoms with E-state index in [9.17, 15) is 41.1 Å². The van der Waals surface area contributed by atoms with Crippen molar-refractivity contribution in [2.24, 2.45) is 17.8 Å². The Kier molecular flexibility index (Phi) is 12.3. The molecule has 1 saturated heterocycles. The van der Waals surface area contributed by atoms with Crippen LogP contribution in [0.5, 0.6) is 11.6 Å². The third-order valence-electron chi connectivity index (χ3n) is 13.1. The standard InChI is InChI=1S/C42H57F3N6O9S/c1-9-25-18-24(2)12-10-11-13-26-21-41(26,37(54)48-61(57,58)40(5)16-17-40)47-34(52)31-20-28(23-50(31)36(53)33(25)51(38(55)56)39(3,4)42(43,44)45)60-35-29-15-14-27(59-8)19-30(29)32(22-46-35)49(6)7/h11,13-15,19,22,24-26,28,31,33H,9-10,12,16-18,20-21,23H2,1-8H3,(H,47,52)(H,48,54)(H,55,56)/t24-,25-,26-,28-,31+,33+,41-/m1/s1. The second kappa shape index (κ2) is 16.5. The number of anilines is 1. The second-order valence-corrected chi connectivity index (χ2v) is 20.3. The third-order valence-corrected chi connectivity index (χ3v) is 15.3. The number of aromatic nitrogens is 1. The lowest BCUT2D eigenvalue weighted by molar-refractivity contribution is -0.222. The van der Waals surface area contributed by atoms with Gasteiger partial charge in [-0.3, -0.25) is 24.0 Å². The van der Waals surface area contributed by atoms with Crippen LogP contribution in [0.4, 0.5) is 23.7 Å². The van der Waals surface area contributed by atoms with E-state index >= 15 is 4.79 Å². The summed E-state index contributed by atoms with van der Waals surface area (Å²) in [7, 11) is 1.06. The highest BCUT2D eigenvalue weighted by Crippen LogP contribution is 2.48. The van der Waals surface area contributed by atoms with Gasteiger partial charge in [0.25, 0.3) is 5.91 Å². The highest BCUT2D eigenvalue weighted by atomic mass is 32.2. The van der Waals surface area contributed by atoms with E-state index < -0.39 is 85.9 Å². The summed E-state index contributed by atoms with van der Waals surface area (Å²) in [5.41, 5.74) is -4.03. The van der Waals surface area contributed by atoms with Crippen molar-refractivity contribution in [1.82, 2.24) is 24.8 Å². The number of amides is 4. The van der Waals surface area contributed by atoms with Crippen LogP contribution >= 0.6 is 0 Å². The Morgan fingerprint density at radius 1 is 1.13 bits per heavy atom. The summed E-state index contributed by atoms with van der Waals surface area (Å²) in [6.07, 6.45) is -1.09. The summed E-state index contributed by atoms with van der Waals surface area (Å²) in [5.74, 6) is -3.86. The molecule has 15 nitrogen and oxygen atoms in total. The van der Waals surface area contributed by atoms with Gasteiger partial charge < -0.3 is 29.7 Å². The van der Waals surface area contributed by atoms with Crippen molar-refractivity contribution < 1.29 is 55.3 Å². The quantitative estimate of drug-likeness (QED) is 0.252. The molecule has 19 heteroatoms. The summed E-state index contributed by atoms with van der Waals surface area (Å²) in [5, 5.41) is 14.6. The number of nitrogens with zero attached hydrogens (tertiary/aromatic N) is 4. The summed E-state index contributed by atoms with van der Waals surface area (Å²) >= 11 is 0. The highest BCUT2D eigenvalue weighted by Gasteiger charge is 2.64. The smallest absolute Gasteiger partial charge is 0.411 e. The van der Waals surface area contributed by atoms with Gasteiger partial charge in [-0.2, -0.15) is 13.2 Å². The van der Waals surface area contributed by atoms with Gasteiger partial charge in [-0.1, -0.05) is 32.4 Å². The number of carbonyl (C=O) groups excluding carboxylic acids is 3. The molecule has 4 aliphatic rings. The Balaban J connectivity index is 1.45. The number of allylic oxidation sites excluding steroid dienone is 1. The van der Waals surface area contributed by atoms with Crippen LogP contribution in [0.1, 0.15) is 86.0 Å². The zero-order valence-electron chi connectivity index (χ0n) is 35.8. The molecule has 0 radical (unpaired) electrons. The summed E-state index contributed by atoms with van der Waals surface area (Å²) in [6, 6.07) is 1.87. The fraction of sp³-hybridized carbons (Fsp3) is 0.643. The minimum atomic E-state index is -5.10. The number of alkyl halides is 3. The van der Waals surface area contributed by atoms with E-state index in [0.717, 1.165) is 10.6 Å². The van der Waals surface area contributed by atoms with E-state index in [2.05, 4.69) is 15.0 Å². The first-order chi connectivity index (χ1) is 28.4. The molecule has 3 fully saturated rings. The van der Waals surface area contributed by atoms with Gasteiger partial charge in [0.15, 0.2) is 0 Å². The van der Waals surface area contributed by atoms with E-state index in [0.29, 0.717) is 56.1 Å². The minimum absolute atomic E-state index is 0.0498. The summed E-state index contributed by atoms with van der Waals surface area (Å²) < 4.78 is 84.0. The molecule has 3 N–H and O–H groups in total. The van der Waals surface area contributed by atoms with E-state index in [1.807, 2.05) is 32.0 Å². The van der Waals surface area contributed by atoms with Crippen molar-refractivity contribution in [3.8, 4) is 11.6 Å². The molecule has 0 unspecified atom stereocenters. The SMILES string of the molecule is CC[C@@H]1C[C@H](C)CCC=C[C@@H]2C[C@@]2(C(=O)NS(=O)(=O)C2(C)CC2)NC(=O)[C@@H]2C[C@@H](Oc3ncc(N(C)C)c4cc(OC)ccc34)CN2C(=O)[C@H]1N(C(=O)O)C(C)(C)C(F)(F)F. The van der Waals surface area contributed by atoms with E-state index in [-0.39, 0.29) is 48.9 Å². The first-order valence-electron chi connectivity index (χ1n) is 20.7. The number of pyridine rings is 1. The molecule has 1 aromatic heterocycles. The fourth-order valence-electron chi connectivity index (χ4n) is 8.69. The van der Waals surface area contributed by atoms with Gasteiger partial charge in [-0.15, -0.1) is 0 Å². The maximum Gasteiger partial charge on any atom is 0.411 e. The number of sulfonamides is 1. The number of fused-ring (bicyclic) bond motifs is 3. The Labute approximate surface area is 354 Å². The highest BCUT2D eigenvalue weighted by molar-refractivity contribution is 7.91. The fourth-order valence-corrected chi connectivity index (χ4v) is 10.00. The Hall–Kier alpha value is -4.81. The van der Waals surface area contributed by atoms with Crippen LogP contribution < -0.4 is 24.4 Å². The van der Waals surface area contributed by atoms with Gasteiger partial charge >= 0.3 is 12.3 Å². The molecule has 4 amide bonds. The molecule has 3 heterocycles. The molecule has 2 aliphatic heterocycles. The number of hydrogen-bond acceptors (Lipinski definition) is 10. The normalized spacial score (nSPS) is 28.1. The average molecular weight is 879 g/mol. The Bertz CT molecular complexity index is 2200. The number of benzene rings is 1. The molecule has 7 atom stereocenters. The van der Waals surface area contributed by atoms with E-state index in [4.69, 9.17) is 9.47 Å². The molecule has 6 rings (SSSR count). The van der Waals surface area contributed by atoms with Crippen LogP contribution in [0, 0.1) is 17.8 Å². The molecule has 2 saturated carbocycles. The topological polar surface area (TPSA) is 188 Å². The van der Waals surface area contributed by atoms with E-state index in [1.165, 1.54) is 14.0 Å². The van der Waals surface area contributed by atoms with Crippen LogP contribution in [0.3, 0.4) is 0 Å². The van der Waals surface area contributed by atoms with Gasteiger partial charge in [0, 0.05) is 37.2 Å². The molecule has 2 aromatic rings. The number of carbonyl (C=O) groups is 4. The predicted octanol–water partition coefficient (Wildman–Crippen LogP) is 5.62. The first kappa shape index (κ1) is 45.7. The predicted molar refractivity (Wildman–Crippen MR) is 221 cm³/mol. The monoisotopic (exact) mass is 878 g/mol. The average Bonchev–Trinajstić information content (AvgIpc) is 4.06. The van der Waals surface area contributed by atoms with Crippen molar-refractivity contribution in [2.45, 2.75) is 126 Å². The number of methoxy groups -OCH3 is 1. The molecule has 2 aliphatic carbocycles. The lowest BCUT2D eigenvalue weighted by Crippen LogP contribution is -2.66. The number of ether oxygens (including phenoxy) is 2. The van der Waals surface area contributed by atoms with Crippen molar-refractivity contribution in [2.75, 3.05) is 32.6 Å². The van der Waals surface area contributed by atoms with Crippen LogP contribution in [0.15, 0.2) is 36.5 Å². The number of carboxylic acid groups (broad SMARTS) is 1. The molecule has 61 heavy (non-hydrogen) atoms. The van der Waals surface area contributed by atoms with Crippen LogP contribution in [0.25, 0.3) is 10.8 Å². The maximum absolute atomic E-state index is 15.2. The molecular weight excluding hydrogens is 822 g/mol. The molecule has 1 aromatic carbocycles. The van der Waals surface area contributed by atoms with Gasteiger partial charge in [-0.25, -0.2) is 18.2 Å². The van der Waals surface area contributed by atoms with E-state index in [1.54, 1.807) is 37.4 Å². The molecular formula is C42H57F3N6O9S. The molecule has 0 spiro atoms. The summed E-state index contributed by atoms with van der Waals surface area (Å²) in [4.78, 5) is 64.7. The zero-order chi connectivity index (χ0) is 45.0. The molecule has 0 bridgehead atoms. The lowest BCUT2D eigenvalue weighted by Gasteiger charge is -2.46. The first-order valence-corrected chi connectivity index (χ1v) is 22.1. The number of halogens is 3. The number of rotatable bonds is 10. The molecule has 336 valence electrons. The minimum Gasteiger partial charge on any atom is -0.497 e. The Morgan fingerprint density at radius 3 is 2.41 bits per heavy atom. The second-order valence-electron chi connectivity index (χ2n) is 18.1. The van der Waals surface area contributed by atoms with Gasteiger partial charge in [0.05, 0.1) is 30.3 Å². The summed E-state index contributed by atoms with van der Waals surface area (Å²) in [6.45, 7) is 6.13. The van der Waals surface area contributed by atoms with Crippen LogP contribution in [-0.4, -0.2) is 120 Å². The number of nitrogens with one attached hydrogen (secondary N) is 2. The van der Waals surface area contributed by atoms with Crippen LogP contribution in [0.2, 0.25) is 0 Å². The van der Waals surface area contributed by atoms with Crippen molar-refractivity contribution >= 4 is 50.3 Å².